The number of allylic oxidation sites excluding steroid dienone is 2. The molecule has 1 aromatic heterocycles. The highest BCUT2D eigenvalue weighted by atomic mass is 16.5. The lowest BCUT2D eigenvalue weighted by molar-refractivity contribution is -0.139. The first kappa shape index (κ1) is 20.1. The van der Waals surface area contributed by atoms with Crippen LogP contribution in [0.5, 0.6) is 0 Å². The van der Waals surface area contributed by atoms with Gasteiger partial charge in [-0.1, -0.05) is 39.0 Å². The number of methoxy groups -OCH3 is 1. The largest absolute Gasteiger partial charge is 0.477 e. The summed E-state index contributed by atoms with van der Waals surface area (Å²) in [6, 6.07) is 7.52. The van der Waals surface area contributed by atoms with Gasteiger partial charge in [-0.15, -0.1) is 0 Å². The molecule has 2 aliphatic rings. The van der Waals surface area contributed by atoms with E-state index in [1.807, 2.05) is 16.7 Å². The molecule has 0 radical (unpaired) electrons. The van der Waals surface area contributed by atoms with Crippen LogP contribution in [0.25, 0.3) is 11.1 Å². The third-order valence-electron chi connectivity index (χ3n) is 6.15. The molecule has 156 valence electrons. The maximum atomic E-state index is 12.5. The SMILES string of the molecule is COC(=O)Cc1ccc2c(c1)CC1=C2C[C@@H](C(C)(C)C)n2cc(C(=O)O)c(=O)cc21. The topological polar surface area (TPSA) is 85.6 Å². The molecule has 0 unspecified atom stereocenters. The number of pyridine rings is 1. The maximum Gasteiger partial charge on any atom is 0.341 e. The quantitative estimate of drug-likeness (QED) is 0.784. The molecule has 0 bridgehead atoms. The Hall–Kier alpha value is -3.15. The molecule has 2 aromatic rings. The van der Waals surface area contributed by atoms with Crippen molar-refractivity contribution in [3.8, 4) is 0 Å². The molecular weight excluding hydrogens is 382 g/mol. The first-order valence-corrected chi connectivity index (χ1v) is 10.0. The van der Waals surface area contributed by atoms with Gasteiger partial charge in [0.25, 0.3) is 0 Å². The van der Waals surface area contributed by atoms with Crippen LogP contribution >= 0.6 is 0 Å². The Morgan fingerprint density at radius 2 is 1.93 bits per heavy atom. The van der Waals surface area contributed by atoms with Gasteiger partial charge in [-0.25, -0.2) is 4.79 Å². The standard InChI is InChI=1S/C24H25NO5/c1-24(2,3)21-10-16-15-6-5-13(8-22(27)30-4)7-14(15)9-17(16)19-11-20(26)18(23(28)29)12-25(19)21/h5-7,11-12,21H,8-10H2,1-4H3,(H,28,29)/t21-/m0/s1. The van der Waals surface area contributed by atoms with Crippen LogP contribution in [0.4, 0.5) is 0 Å². The van der Waals surface area contributed by atoms with Crippen LogP contribution in [0, 0.1) is 5.41 Å². The average molecular weight is 407 g/mol. The van der Waals surface area contributed by atoms with Gasteiger partial charge in [-0.3, -0.25) is 9.59 Å². The fourth-order valence-corrected chi connectivity index (χ4v) is 4.60. The summed E-state index contributed by atoms with van der Waals surface area (Å²) in [5.41, 5.74) is 5.41. The van der Waals surface area contributed by atoms with Crippen molar-refractivity contribution in [1.29, 1.82) is 0 Å². The second kappa shape index (κ2) is 6.97. The lowest BCUT2D eigenvalue weighted by Gasteiger charge is -2.39. The highest BCUT2D eigenvalue weighted by molar-refractivity contribution is 5.98. The summed E-state index contributed by atoms with van der Waals surface area (Å²) in [6.45, 7) is 6.38. The fraction of sp³-hybridized carbons (Fsp3) is 0.375. The van der Waals surface area contributed by atoms with E-state index in [0.29, 0.717) is 6.42 Å². The van der Waals surface area contributed by atoms with Gasteiger partial charge in [0.15, 0.2) is 5.43 Å². The van der Waals surface area contributed by atoms with Gasteiger partial charge < -0.3 is 14.4 Å². The number of rotatable bonds is 3. The van der Waals surface area contributed by atoms with Crippen LogP contribution in [0.1, 0.15) is 66.0 Å². The third-order valence-corrected chi connectivity index (χ3v) is 6.15. The molecule has 0 spiro atoms. The third kappa shape index (κ3) is 3.26. The summed E-state index contributed by atoms with van der Waals surface area (Å²) in [6.07, 6.45) is 3.14. The van der Waals surface area contributed by atoms with Crippen molar-refractivity contribution in [2.45, 2.75) is 46.1 Å². The minimum Gasteiger partial charge on any atom is -0.477 e. The molecule has 0 fully saturated rings. The highest BCUT2D eigenvalue weighted by Crippen LogP contribution is 2.50. The maximum absolute atomic E-state index is 12.5. The Morgan fingerprint density at radius 3 is 2.57 bits per heavy atom. The molecule has 1 aliphatic carbocycles. The molecule has 1 N–H and O–H groups in total. The van der Waals surface area contributed by atoms with Crippen molar-refractivity contribution in [2.75, 3.05) is 7.11 Å². The van der Waals surface area contributed by atoms with E-state index >= 15 is 0 Å². The lowest BCUT2D eigenvalue weighted by Crippen LogP contribution is -2.32. The van der Waals surface area contributed by atoms with E-state index in [0.717, 1.165) is 34.4 Å². The first-order chi connectivity index (χ1) is 14.1. The van der Waals surface area contributed by atoms with Gasteiger partial charge >= 0.3 is 11.9 Å². The Kier molecular flexibility index (Phi) is 4.68. The number of carboxylic acids is 1. The van der Waals surface area contributed by atoms with Crippen LogP contribution in [0.3, 0.4) is 0 Å². The normalized spacial score (nSPS) is 17.3. The second-order valence-electron chi connectivity index (χ2n) is 9.11. The number of fused-ring (bicyclic) bond motifs is 4. The van der Waals surface area contributed by atoms with Crippen molar-refractivity contribution in [3.63, 3.8) is 0 Å². The Morgan fingerprint density at radius 1 is 1.20 bits per heavy atom. The second-order valence-corrected chi connectivity index (χ2v) is 9.11. The molecule has 1 atom stereocenters. The highest BCUT2D eigenvalue weighted by Gasteiger charge is 2.37. The smallest absolute Gasteiger partial charge is 0.341 e. The van der Waals surface area contributed by atoms with Gasteiger partial charge in [0.2, 0.25) is 0 Å². The molecule has 0 saturated heterocycles. The minimum atomic E-state index is -1.20. The Labute approximate surface area is 174 Å². The van der Waals surface area contributed by atoms with E-state index in [-0.39, 0.29) is 29.4 Å². The summed E-state index contributed by atoms with van der Waals surface area (Å²) in [5.74, 6) is -1.48. The summed E-state index contributed by atoms with van der Waals surface area (Å²) >= 11 is 0. The van der Waals surface area contributed by atoms with Crippen LogP contribution in [-0.4, -0.2) is 28.7 Å². The number of carboxylic acid groups (broad SMARTS) is 1. The van der Waals surface area contributed by atoms with E-state index in [9.17, 15) is 19.5 Å². The predicted octanol–water partition coefficient (Wildman–Crippen LogP) is 3.72. The summed E-state index contributed by atoms with van der Waals surface area (Å²) in [4.78, 5) is 35.7. The predicted molar refractivity (Wildman–Crippen MR) is 113 cm³/mol. The van der Waals surface area contributed by atoms with E-state index in [1.165, 1.54) is 24.9 Å². The molecule has 0 amide bonds. The zero-order valence-electron chi connectivity index (χ0n) is 17.6. The zero-order chi connectivity index (χ0) is 21.8. The number of nitrogens with zero attached hydrogens (tertiary/aromatic N) is 1. The number of aromatic carboxylic acids is 1. The summed E-state index contributed by atoms with van der Waals surface area (Å²) in [5, 5.41) is 9.45. The molecular formula is C24H25NO5. The number of hydrogen-bond acceptors (Lipinski definition) is 4. The number of carbonyl (C=O) groups excluding carboxylic acids is 1. The molecule has 1 aliphatic heterocycles. The van der Waals surface area contributed by atoms with Crippen LogP contribution in [-0.2, 0) is 22.4 Å². The fourth-order valence-electron chi connectivity index (χ4n) is 4.60. The monoisotopic (exact) mass is 407 g/mol. The number of aromatic nitrogens is 1. The van der Waals surface area contributed by atoms with E-state index in [4.69, 9.17) is 4.74 Å². The molecule has 0 saturated carbocycles. The van der Waals surface area contributed by atoms with Gasteiger partial charge in [0.05, 0.1) is 13.5 Å². The van der Waals surface area contributed by atoms with Gasteiger partial charge in [0, 0.05) is 30.4 Å². The summed E-state index contributed by atoms with van der Waals surface area (Å²) < 4.78 is 6.75. The Bertz CT molecular complexity index is 1160. The zero-order valence-corrected chi connectivity index (χ0v) is 17.6. The molecule has 6 nitrogen and oxygen atoms in total. The van der Waals surface area contributed by atoms with E-state index < -0.39 is 11.4 Å². The average Bonchev–Trinajstić information content (AvgIpc) is 3.03. The molecule has 1 aromatic carbocycles. The minimum absolute atomic E-state index is 0.0191. The van der Waals surface area contributed by atoms with Crippen LogP contribution < -0.4 is 5.43 Å². The molecule has 4 rings (SSSR count). The number of hydrogen-bond donors (Lipinski definition) is 1. The Balaban J connectivity index is 1.84. The van der Waals surface area contributed by atoms with E-state index in [2.05, 4.69) is 26.8 Å². The van der Waals surface area contributed by atoms with Crippen molar-refractivity contribution in [1.82, 2.24) is 4.57 Å². The van der Waals surface area contributed by atoms with Gasteiger partial charge in [-0.05, 0) is 39.7 Å². The number of esters is 1. The summed E-state index contributed by atoms with van der Waals surface area (Å²) in [7, 11) is 1.38. The first-order valence-electron chi connectivity index (χ1n) is 10.0. The van der Waals surface area contributed by atoms with E-state index in [1.54, 1.807) is 0 Å². The molecule has 2 heterocycles. The van der Waals surface area contributed by atoms with Gasteiger partial charge in [0.1, 0.15) is 5.56 Å². The van der Waals surface area contributed by atoms with Crippen molar-refractivity contribution < 1.29 is 19.4 Å². The number of carbonyl (C=O) groups is 2. The molecule has 30 heavy (non-hydrogen) atoms. The van der Waals surface area contributed by atoms with Crippen molar-refractivity contribution in [2.24, 2.45) is 5.41 Å². The van der Waals surface area contributed by atoms with Crippen LogP contribution in [0.2, 0.25) is 0 Å². The van der Waals surface area contributed by atoms with Gasteiger partial charge in [-0.2, -0.15) is 0 Å². The molecule has 6 heteroatoms. The lowest BCUT2D eigenvalue weighted by atomic mass is 9.78. The number of benzene rings is 1. The van der Waals surface area contributed by atoms with Crippen LogP contribution in [0.15, 0.2) is 35.3 Å². The number of ether oxygens (including phenoxy) is 1. The van der Waals surface area contributed by atoms with Crippen molar-refractivity contribution in [3.05, 3.63) is 68.6 Å². The van der Waals surface area contributed by atoms with Crippen molar-refractivity contribution >= 4 is 23.1 Å².